The molecule has 3 aromatic rings. The van der Waals surface area contributed by atoms with Gasteiger partial charge in [0.15, 0.2) is 6.29 Å². The van der Waals surface area contributed by atoms with Crippen LogP contribution in [0.5, 0.6) is 0 Å². The van der Waals surface area contributed by atoms with E-state index in [9.17, 15) is 10.2 Å². The van der Waals surface area contributed by atoms with Crippen molar-refractivity contribution in [1.29, 1.82) is 0 Å². The van der Waals surface area contributed by atoms with E-state index in [4.69, 9.17) is 18.9 Å². The molecule has 0 aliphatic carbocycles. The van der Waals surface area contributed by atoms with Crippen LogP contribution in [-0.4, -0.2) is 47.5 Å². The molecule has 1 aliphatic rings. The molecule has 5 atom stereocenters. The van der Waals surface area contributed by atoms with Gasteiger partial charge in [-0.25, -0.2) is 0 Å². The van der Waals surface area contributed by atoms with E-state index in [2.05, 4.69) is 0 Å². The standard InChI is InChI=1S/C27H30O6/c28-24-26(32-18-22-14-8-3-9-15-22)25(33-27(24)29)23(31-17-21-12-6-2-7-13-21)19-30-16-20-10-4-1-5-11-20/h1-15,23-29H,16-19H2/t23-,24+,25-,26-,27+/m1/s1. The normalized spacial score (nSPS) is 23.5. The summed E-state index contributed by atoms with van der Waals surface area (Å²) >= 11 is 0. The van der Waals surface area contributed by atoms with Gasteiger partial charge in [0, 0.05) is 0 Å². The summed E-state index contributed by atoms with van der Waals surface area (Å²) in [6.45, 7) is 1.26. The molecule has 0 amide bonds. The molecule has 0 saturated carbocycles. The van der Waals surface area contributed by atoms with Gasteiger partial charge in [0.05, 0.1) is 26.4 Å². The van der Waals surface area contributed by atoms with E-state index in [1.54, 1.807) is 0 Å². The maximum atomic E-state index is 10.5. The van der Waals surface area contributed by atoms with Gasteiger partial charge in [-0.15, -0.1) is 0 Å². The lowest BCUT2D eigenvalue weighted by Crippen LogP contribution is -2.44. The van der Waals surface area contributed by atoms with Crippen LogP contribution >= 0.6 is 0 Å². The van der Waals surface area contributed by atoms with Gasteiger partial charge in [0.25, 0.3) is 0 Å². The monoisotopic (exact) mass is 450 g/mol. The quantitative estimate of drug-likeness (QED) is 0.466. The van der Waals surface area contributed by atoms with Crippen LogP contribution in [-0.2, 0) is 38.8 Å². The summed E-state index contributed by atoms with van der Waals surface area (Å²) in [4.78, 5) is 0. The average molecular weight is 451 g/mol. The number of hydrogen-bond donors (Lipinski definition) is 2. The summed E-state index contributed by atoms with van der Waals surface area (Å²) < 4.78 is 23.8. The largest absolute Gasteiger partial charge is 0.385 e. The molecule has 1 saturated heterocycles. The molecular formula is C27H30O6. The summed E-state index contributed by atoms with van der Waals surface area (Å²) in [5, 5.41) is 20.8. The zero-order valence-electron chi connectivity index (χ0n) is 18.4. The van der Waals surface area contributed by atoms with E-state index in [-0.39, 0.29) is 13.2 Å². The summed E-state index contributed by atoms with van der Waals surface area (Å²) in [5.41, 5.74) is 3.02. The fraction of sp³-hybridized carbons (Fsp3) is 0.333. The predicted molar refractivity (Wildman–Crippen MR) is 123 cm³/mol. The maximum Gasteiger partial charge on any atom is 0.184 e. The van der Waals surface area contributed by atoms with Crippen molar-refractivity contribution in [1.82, 2.24) is 0 Å². The minimum absolute atomic E-state index is 0.219. The Balaban J connectivity index is 1.44. The zero-order chi connectivity index (χ0) is 22.9. The van der Waals surface area contributed by atoms with E-state index >= 15 is 0 Å². The first-order valence-electron chi connectivity index (χ1n) is 11.1. The molecule has 174 valence electrons. The smallest absolute Gasteiger partial charge is 0.184 e. The number of ether oxygens (including phenoxy) is 4. The Morgan fingerprint density at radius 2 is 1.21 bits per heavy atom. The highest BCUT2D eigenvalue weighted by Gasteiger charge is 2.48. The number of hydrogen-bond acceptors (Lipinski definition) is 6. The van der Waals surface area contributed by atoms with Crippen molar-refractivity contribution >= 4 is 0 Å². The van der Waals surface area contributed by atoms with Crippen LogP contribution in [0, 0.1) is 0 Å². The highest BCUT2D eigenvalue weighted by molar-refractivity contribution is 5.15. The maximum absolute atomic E-state index is 10.5. The minimum Gasteiger partial charge on any atom is -0.385 e. The van der Waals surface area contributed by atoms with Crippen LogP contribution in [0.2, 0.25) is 0 Å². The van der Waals surface area contributed by atoms with E-state index < -0.39 is 30.7 Å². The molecule has 1 aliphatic heterocycles. The molecule has 0 bridgehead atoms. The van der Waals surface area contributed by atoms with Crippen LogP contribution in [0.3, 0.4) is 0 Å². The molecule has 4 rings (SSSR count). The molecule has 0 aromatic heterocycles. The molecule has 0 spiro atoms. The van der Waals surface area contributed by atoms with Gasteiger partial charge < -0.3 is 29.2 Å². The molecule has 33 heavy (non-hydrogen) atoms. The minimum atomic E-state index is -1.35. The van der Waals surface area contributed by atoms with Crippen molar-refractivity contribution in [3.63, 3.8) is 0 Å². The Hall–Kier alpha value is -2.58. The Morgan fingerprint density at radius 1 is 0.697 bits per heavy atom. The molecule has 0 radical (unpaired) electrons. The first-order valence-corrected chi connectivity index (χ1v) is 11.1. The third kappa shape index (κ3) is 6.71. The average Bonchev–Trinajstić information content (AvgIpc) is 3.15. The van der Waals surface area contributed by atoms with Crippen molar-refractivity contribution < 1.29 is 29.2 Å². The summed E-state index contributed by atoms with van der Waals surface area (Å²) in [7, 11) is 0. The third-order valence-corrected chi connectivity index (χ3v) is 5.60. The van der Waals surface area contributed by atoms with Gasteiger partial charge in [0.1, 0.15) is 24.4 Å². The van der Waals surface area contributed by atoms with Crippen molar-refractivity contribution in [2.24, 2.45) is 0 Å². The Morgan fingerprint density at radius 3 is 1.79 bits per heavy atom. The first kappa shape index (κ1) is 23.6. The SMILES string of the molecule is O[C@H]1[C@@H](OCc2ccccc2)[C@@H]([C@@H](COCc2ccccc2)OCc2ccccc2)O[C@@H]1O. The van der Waals surface area contributed by atoms with E-state index in [0.29, 0.717) is 13.2 Å². The fourth-order valence-corrected chi connectivity index (χ4v) is 3.82. The van der Waals surface area contributed by atoms with E-state index in [1.165, 1.54) is 0 Å². The second-order valence-electron chi connectivity index (χ2n) is 8.08. The summed E-state index contributed by atoms with van der Waals surface area (Å²) in [6, 6.07) is 29.3. The van der Waals surface area contributed by atoms with Crippen LogP contribution in [0.25, 0.3) is 0 Å². The van der Waals surface area contributed by atoms with Gasteiger partial charge in [0.2, 0.25) is 0 Å². The van der Waals surface area contributed by atoms with E-state index in [1.807, 2.05) is 91.0 Å². The van der Waals surface area contributed by atoms with Crippen LogP contribution < -0.4 is 0 Å². The number of aliphatic hydroxyl groups is 2. The molecule has 6 heteroatoms. The van der Waals surface area contributed by atoms with Crippen LogP contribution in [0.15, 0.2) is 91.0 Å². The van der Waals surface area contributed by atoms with Gasteiger partial charge in [-0.2, -0.15) is 0 Å². The number of benzene rings is 3. The highest BCUT2D eigenvalue weighted by Crippen LogP contribution is 2.28. The Kier molecular flexibility index (Phi) is 8.60. The van der Waals surface area contributed by atoms with Gasteiger partial charge in [-0.05, 0) is 16.7 Å². The zero-order valence-corrected chi connectivity index (χ0v) is 18.4. The topological polar surface area (TPSA) is 77.4 Å². The molecule has 6 nitrogen and oxygen atoms in total. The molecular weight excluding hydrogens is 420 g/mol. The fourth-order valence-electron chi connectivity index (χ4n) is 3.82. The third-order valence-electron chi connectivity index (χ3n) is 5.60. The highest BCUT2D eigenvalue weighted by atomic mass is 16.7. The van der Waals surface area contributed by atoms with Gasteiger partial charge in [-0.1, -0.05) is 91.0 Å². The Bertz CT molecular complexity index is 937. The van der Waals surface area contributed by atoms with Crippen molar-refractivity contribution in [2.45, 2.75) is 50.5 Å². The predicted octanol–water partition coefficient (Wildman–Crippen LogP) is 3.45. The second-order valence-corrected chi connectivity index (χ2v) is 8.08. The molecule has 2 N–H and O–H groups in total. The van der Waals surface area contributed by atoms with Crippen molar-refractivity contribution in [3.05, 3.63) is 108 Å². The van der Waals surface area contributed by atoms with Crippen LogP contribution in [0.1, 0.15) is 16.7 Å². The lowest BCUT2D eigenvalue weighted by molar-refractivity contribution is -0.170. The second kappa shape index (κ2) is 12.0. The molecule has 1 heterocycles. The molecule has 3 aromatic carbocycles. The Labute approximate surface area is 194 Å². The van der Waals surface area contributed by atoms with E-state index in [0.717, 1.165) is 16.7 Å². The lowest BCUT2D eigenvalue weighted by atomic mass is 10.1. The number of rotatable bonds is 11. The van der Waals surface area contributed by atoms with Gasteiger partial charge in [-0.3, -0.25) is 0 Å². The van der Waals surface area contributed by atoms with Crippen molar-refractivity contribution in [3.8, 4) is 0 Å². The lowest BCUT2D eigenvalue weighted by Gasteiger charge is -2.28. The van der Waals surface area contributed by atoms with Gasteiger partial charge >= 0.3 is 0 Å². The molecule has 1 fully saturated rings. The summed E-state index contributed by atoms with van der Waals surface area (Å²) in [5.74, 6) is 0. The van der Waals surface area contributed by atoms with Crippen LogP contribution in [0.4, 0.5) is 0 Å². The molecule has 0 unspecified atom stereocenters. The first-order chi connectivity index (χ1) is 16.2. The number of aliphatic hydroxyl groups excluding tert-OH is 2. The van der Waals surface area contributed by atoms with Crippen molar-refractivity contribution in [2.75, 3.05) is 6.61 Å². The summed E-state index contributed by atoms with van der Waals surface area (Å²) in [6.07, 6.45) is -4.55.